The zero-order chi connectivity index (χ0) is 22.9. The van der Waals surface area contributed by atoms with Gasteiger partial charge in [-0.15, -0.1) is 0 Å². The van der Waals surface area contributed by atoms with Gasteiger partial charge in [0.05, 0.1) is 23.4 Å². The van der Waals surface area contributed by atoms with Gasteiger partial charge in [0.25, 0.3) is 5.91 Å². The number of aromatic nitrogens is 2. The maximum absolute atomic E-state index is 13.8. The normalized spacial score (nSPS) is 11.2. The first-order chi connectivity index (χ1) is 16.0. The van der Waals surface area contributed by atoms with Gasteiger partial charge in [-0.05, 0) is 61.7 Å². The highest BCUT2D eigenvalue weighted by Crippen LogP contribution is 2.35. The average molecular weight is 458 g/mol. The molecule has 5 rings (SSSR count). The van der Waals surface area contributed by atoms with Crippen molar-refractivity contribution >= 4 is 43.6 Å². The van der Waals surface area contributed by atoms with Gasteiger partial charge < -0.3 is 9.15 Å². The summed E-state index contributed by atoms with van der Waals surface area (Å²) in [5, 5.41) is 1.44. The number of fused-ring (bicyclic) bond motifs is 2. The Balaban J connectivity index is 1.60. The molecule has 0 fully saturated rings. The number of amides is 1. The highest BCUT2D eigenvalue weighted by atomic mass is 32.1. The fourth-order valence-corrected chi connectivity index (χ4v) is 4.94. The van der Waals surface area contributed by atoms with Crippen molar-refractivity contribution < 1.29 is 13.9 Å². The van der Waals surface area contributed by atoms with E-state index in [1.807, 2.05) is 50.2 Å². The molecule has 166 valence electrons. The number of ether oxygens (including phenoxy) is 1. The minimum absolute atomic E-state index is 0.244. The third kappa shape index (κ3) is 4.07. The number of furan rings is 1. The number of anilines is 1. The number of pyridine rings is 1. The van der Waals surface area contributed by atoms with Gasteiger partial charge in [0, 0.05) is 17.8 Å². The molecule has 0 unspecified atom stereocenters. The maximum Gasteiger partial charge on any atom is 0.296 e. The molecule has 0 spiro atoms. The Morgan fingerprint density at radius 1 is 1.15 bits per heavy atom. The van der Waals surface area contributed by atoms with Gasteiger partial charge in [-0.1, -0.05) is 35.6 Å². The summed E-state index contributed by atoms with van der Waals surface area (Å²) in [6.45, 7) is 6.88. The van der Waals surface area contributed by atoms with Gasteiger partial charge in [-0.2, -0.15) is 0 Å². The molecular formula is C26H23N3O3S. The van der Waals surface area contributed by atoms with Crippen molar-refractivity contribution in [3.63, 3.8) is 0 Å². The third-order valence-electron chi connectivity index (χ3n) is 5.37. The molecule has 33 heavy (non-hydrogen) atoms. The number of aryl methyl sites for hydroxylation is 2. The SMILES string of the molecule is CCOc1cccc2cc(C(=O)N(Cc3cccnc3)c3nc4cc(C)cc(C)c4s3)oc12. The molecule has 1 amide bonds. The van der Waals surface area contributed by atoms with E-state index in [2.05, 4.69) is 18.0 Å². The summed E-state index contributed by atoms with van der Waals surface area (Å²) < 4.78 is 12.8. The van der Waals surface area contributed by atoms with E-state index >= 15 is 0 Å². The van der Waals surface area contributed by atoms with E-state index in [1.165, 1.54) is 11.3 Å². The lowest BCUT2D eigenvalue weighted by Gasteiger charge is -2.18. The maximum atomic E-state index is 13.8. The first-order valence-electron chi connectivity index (χ1n) is 10.8. The Kier molecular flexibility index (Phi) is 5.56. The van der Waals surface area contributed by atoms with Crippen LogP contribution in [-0.4, -0.2) is 22.5 Å². The van der Waals surface area contributed by atoms with Crippen molar-refractivity contribution in [2.45, 2.75) is 27.3 Å². The molecule has 0 atom stereocenters. The number of carbonyl (C=O) groups excluding carboxylic acids is 1. The summed E-state index contributed by atoms with van der Waals surface area (Å²) in [5.41, 5.74) is 4.65. The summed E-state index contributed by atoms with van der Waals surface area (Å²) in [6.07, 6.45) is 3.48. The predicted octanol–water partition coefficient (Wildman–Crippen LogP) is 6.30. The molecule has 0 aliphatic rings. The van der Waals surface area contributed by atoms with Crippen LogP contribution in [-0.2, 0) is 6.54 Å². The van der Waals surface area contributed by atoms with E-state index in [-0.39, 0.29) is 11.7 Å². The smallest absolute Gasteiger partial charge is 0.296 e. The lowest BCUT2D eigenvalue weighted by Crippen LogP contribution is -2.30. The van der Waals surface area contributed by atoms with Crippen LogP contribution in [0, 0.1) is 13.8 Å². The monoisotopic (exact) mass is 457 g/mol. The molecule has 0 saturated carbocycles. The van der Waals surface area contributed by atoms with Crippen LogP contribution in [0.25, 0.3) is 21.2 Å². The zero-order valence-electron chi connectivity index (χ0n) is 18.7. The van der Waals surface area contributed by atoms with Crippen LogP contribution in [0.1, 0.15) is 34.2 Å². The van der Waals surface area contributed by atoms with Crippen molar-refractivity contribution in [1.29, 1.82) is 0 Å². The van der Waals surface area contributed by atoms with Crippen molar-refractivity contribution in [1.82, 2.24) is 9.97 Å². The van der Waals surface area contributed by atoms with Crippen LogP contribution in [0.4, 0.5) is 5.13 Å². The van der Waals surface area contributed by atoms with Gasteiger partial charge in [0.1, 0.15) is 0 Å². The first kappa shape index (κ1) is 21.2. The Morgan fingerprint density at radius 3 is 2.82 bits per heavy atom. The Labute approximate surface area is 195 Å². The standard InChI is InChI=1S/C26H23N3O3S/c1-4-31-21-9-5-8-19-13-22(32-23(19)21)25(30)29(15-18-7-6-10-27-14-18)26-28-20-12-16(2)11-17(3)24(20)33-26/h5-14H,4,15H2,1-3H3. The molecule has 0 bridgehead atoms. The van der Waals surface area contributed by atoms with Crippen LogP contribution in [0.3, 0.4) is 0 Å². The van der Waals surface area contributed by atoms with Crippen LogP contribution in [0.2, 0.25) is 0 Å². The number of thiazole rings is 1. The van der Waals surface area contributed by atoms with Crippen LogP contribution in [0.5, 0.6) is 5.75 Å². The topological polar surface area (TPSA) is 68.5 Å². The molecule has 0 N–H and O–H groups in total. The highest BCUT2D eigenvalue weighted by Gasteiger charge is 2.26. The first-order valence-corrected chi connectivity index (χ1v) is 11.6. The minimum atomic E-state index is -0.258. The summed E-state index contributed by atoms with van der Waals surface area (Å²) in [4.78, 5) is 24.4. The quantitative estimate of drug-likeness (QED) is 0.299. The lowest BCUT2D eigenvalue weighted by molar-refractivity contribution is 0.0960. The van der Waals surface area contributed by atoms with E-state index in [4.69, 9.17) is 14.1 Å². The average Bonchev–Trinajstić information content (AvgIpc) is 3.43. The molecule has 7 heteroatoms. The molecule has 0 aliphatic heterocycles. The summed E-state index contributed by atoms with van der Waals surface area (Å²) in [7, 11) is 0. The van der Waals surface area contributed by atoms with E-state index in [1.54, 1.807) is 23.4 Å². The summed E-state index contributed by atoms with van der Waals surface area (Å²) in [5.74, 6) is 0.609. The van der Waals surface area contributed by atoms with Crippen LogP contribution < -0.4 is 9.64 Å². The van der Waals surface area contributed by atoms with Gasteiger partial charge in [-0.25, -0.2) is 4.98 Å². The predicted molar refractivity (Wildman–Crippen MR) is 131 cm³/mol. The summed E-state index contributed by atoms with van der Waals surface area (Å²) in [6, 6.07) is 15.4. The minimum Gasteiger partial charge on any atom is -0.490 e. The number of rotatable bonds is 6. The van der Waals surface area contributed by atoms with Crippen LogP contribution in [0.15, 0.2) is 65.3 Å². The van der Waals surface area contributed by atoms with E-state index in [9.17, 15) is 4.79 Å². The van der Waals surface area contributed by atoms with Crippen molar-refractivity contribution in [2.24, 2.45) is 0 Å². The number of hydrogen-bond acceptors (Lipinski definition) is 6. The van der Waals surface area contributed by atoms with Gasteiger partial charge in [-0.3, -0.25) is 14.7 Å². The fraction of sp³-hybridized carbons (Fsp3) is 0.192. The second-order valence-electron chi connectivity index (χ2n) is 7.90. The number of benzene rings is 2. The fourth-order valence-electron chi connectivity index (χ4n) is 3.92. The van der Waals surface area contributed by atoms with Gasteiger partial charge in [0.15, 0.2) is 22.2 Å². The Bertz CT molecular complexity index is 1460. The van der Waals surface area contributed by atoms with E-state index in [0.29, 0.717) is 29.6 Å². The van der Waals surface area contributed by atoms with Gasteiger partial charge >= 0.3 is 0 Å². The number of hydrogen-bond donors (Lipinski definition) is 0. The third-order valence-corrected chi connectivity index (χ3v) is 6.60. The van der Waals surface area contributed by atoms with Crippen LogP contribution >= 0.6 is 11.3 Å². The zero-order valence-corrected chi connectivity index (χ0v) is 19.5. The number of carbonyl (C=O) groups is 1. The largest absolute Gasteiger partial charge is 0.490 e. The summed E-state index contributed by atoms with van der Waals surface area (Å²) >= 11 is 1.51. The lowest BCUT2D eigenvalue weighted by atomic mass is 10.1. The Hall–Kier alpha value is -3.71. The molecular weight excluding hydrogens is 434 g/mol. The molecule has 0 aliphatic carbocycles. The molecule has 5 aromatic rings. The molecule has 0 radical (unpaired) electrons. The van der Waals surface area contributed by atoms with E-state index < -0.39 is 0 Å². The van der Waals surface area contributed by atoms with Crippen molar-refractivity contribution in [2.75, 3.05) is 11.5 Å². The molecule has 3 aromatic heterocycles. The second-order valence-corrected chi connectivity index (χ2v) is 8.87. The molecule has 3 heterocycles. The molecule has 6 nitrogen and oxygen atoms in total. The van der Waals surface area contributed by atoms with Crippen molar-refractivity contribution in [3.8, 4) is 5.75 Å². The highest BCUT2D eigenvalue weighted by molar-refractivity contribution is 7.22. The number of nitrogens with zero attached hydrogens (tertiary/aromatic N) is 3. The Morgan fingerprint density at radius 2 is 2.03 bits per heavy atom. The van der Waals surface area contributed by atoms with Crippen molar-refractivity contribution in [3.05, 3.63) is 83.4 Å². The second kappa shape index (κ2) is 8.67. The molecule has 2 aromatic carbocycles. The number of para-hydroxylation sites is 1. The van der Waals surface area contributed by atoms with E-state index in [0.717, 1.165) is 32.3 Å². The molecule has 0 saturated heterocycles. The van der Waals surface area contributed by atoms with Gasteiger partial charge in [0.2, 0.25) is 0 Å².